The second kappa shape index (κ2) is 4.14. The lowest BCUT2D eigenvalue weighted by molar-refractivity contribution is 0.942. The van der Waals surface area contributed by atoms with Crippen molar-refractivity contribution in [3.63, 3.8) is 0 Å². The van der Waals surface area contributed by atoms with Crippen molar-refractivity contribution >= 4 is 23.5 Å². The monoisotopic (exact) mass is 172 g/mol. The lowest BCUT2D eigenvalue weighted by Gasteiger charge is -2.02. The Kier molecular flexibility index (Phi) is 3.43. The van der Waals surface area contributed by atoms with Crippen LogP contribution in [0.25, 0.3) is 0 Å². The summed E-state index contributed by atoms with van der Waals surface area (Å²) in [6.45, 7) is 2.20. The maximum atomic E-state index is 2.28. The van der Waals surface area contributed by atoms with Crippen LogP contribution in [0.1, 0.15) is 6.92 Å². The Bertz CT molecular complexity index is 149. The molecule has 0 fully saturated rings. The van der Waals surface area contributed by atoms with Crippen LogP contribution in [0, 0.1) is 5.92 Å². The van der Waals surface area contributed by atoms with Crippen molar-refractivity contribution in [1.82, 2.24) is 0 Å². The van der Waals surface area contributed by atoms with Gasteiger partial charge in [0.2, 0.25) is 0 Å². The van der Waals surface area contributed by atoms with E-state index >= 15 is 0 Å². The molecule has 2 heteroatoms. The van der Waals surface area contributed by atoms with Gasteiger partial charge in [-0.3, -0.25) is 0 Å². The SMILES string of the molecule is CSC1C=CC(C)C=CS1. The van der Waals surface area contributed by atoms with E-state index < -0.39 is 0 Å². The topological polar surface area (TPSA) is 0 Å². The molecular weight excluding hydrogens is 160 g/mol. The van der Waals surface area contributed by atoms with Gasteiger partial charge in [0.15, 0.2) is 0 Å². The van der Waals surface area contributed by atoms with Gasteiger partial charge in [0.05, 0.1) is 4.58 Å². The molecule has 0 aromatic carbocycles. The highest BCUT2D eigenvalue weighted by molar-refractivity contribution is 8.18. The van der Waals surface area contributed by atoms with E-state index in [-0.39, 0.29) is 0 Å². The van der Waals surface area contributed by atoms with Gasteiger partial charge in [-0.2, -0.15) is 0 Å². The number of hydrogen-bond donors (Lipinski definition) is 0. The fourth-order valence-corrected chi connectivity index (χ4v) is 2.32. The van der Waals surface area contributed by atoms with Crippen molar-refractivity contribution in [2.75, 3.05) is 6.26 Å². The van der Waals surface area contributed by atoms with Gasteiger partial charge < -0.3 is 0 Å². The molecule has 0 aromatic rings. The lowest BCUT2D eigenvalue weighted by Crippen LogP contribution is -1.86. The summed E-state index contributed by atoms with van der Waals surface area (Å²) in [4.78, 5) is 0. The van der Waals surface area contributed by atoms with Crippen molar-refractivity contribution in [3.8, 4) is 0 Å². The minimum atomic E-state index is 0.615. The highest BCUT2D eigenvalue weighted by Gasteiger charge is 2.03. The average Bonchev–Trinajstić information content (AvgIpc) is 2.14. The summed E-state index contributed by atoms with van der Waals surface area (Å²) in [6, 6.07) is 0. The molecule has 0 saturated carbocycles. The molecule has 0 spiro atoms. The van der Waals surface area contributed by atoms with Crippen molar-refractivity contribution in [1.29, 1.82) is 0 Å². The normalized spacial score (nSPS) is 32.2. The van der Waals surface area contributed by atoms with Crippen molar-refractivity contribution < 1.29 is 0 Å². The quantitative estimate of drug-likeness (QED) is 0.557. The first-order valence-electron chi connectivity index (χ1n) is 3.36. The third-order valence-corrected chi connectivity index (χ3v) is 3.67. The Labute approximate surface area is 71.2 Å². The van der Waals surface area contributed by atoms with Crippen LogP contribution in [0.2, 0.25) is 0 Å². The smallest absolute Gasteiger partial charge is 0.0720 e. The van der Waals surface area contributed by atoms with Gasteiger partial charge >= 0.3 is 0 Å². The summed E-state index contributed by atoms with van der Waals surface area (Å²) >= 11 is 3.77. The van der Waals surface area contributed by atoms with E-state index in [1.807, 2.05) is 23.5 Å². The van der Waals surface area contributed by atoms with Gasteiger partial charge in [-0.25, -0.2) is 0 Å². The molecule has 10 heavy (non-hydrogen) atoms. The minimum Gasteiger partial charge on any atom is -0.146 e. The highest BCUT2D eigenvalue weighted by atomic mass is 32.2. The summed E-state index contributed by atoms with van der Waals surface area (Å²) in [7, 11) is 0. The number of thioether (sulfide) groups is 2. The molecule has 0 bridgehead atoms. The van der Waals surface area contributed by atoms with E-state index in [9.17, 15) is 0 Å². The highest BCUT2D eigenvalue weighted by Crippen LogP contribution is 2.27. The Hall–Kier alpha value is 0.180. The first kappa shape index (κ1) is 8.28. The number of hydrogen-bond acceptors (Lipinski definition) is 2. The zero-order valence-electron chi connectivity index (χ0n) is 6.28. The molecule has 1 aliphatic rings. The zero-order chi connectivity index (χ0) is 7.40. The first-order valence-corrected chi connectivity index (χ1v) is 5.59. The number of rotatable bonds is 1. The maximum Gasteiger partial charge on any atom is 0.0720 e. The van der Waals surface area contributed by atoms with Crippen LogP contribution in [0.4, 0.5) is 0 Å². The Morgan fingerprint density at radius 2 is 2.10 bits per heavy atom. The van der Waals surface area contributed by atoms with Gasteiger partial charge in [-0.05, 0) is 17.6 Å². The fourth-order valence-electron chi connectivity index (χ4n) is 0.756. The van der Waals surface area contributed by atoms with Gasteiger partial charge in [-0.15, -0.1) is 23.5 Å². The maximum absolute atomic E-state index is 2.28. The second-order valence-electron chi connectivity index (χ2n) is 2.31. The van der Waals surface area contributed by atoms with Gasteiger partial charge in [0, 0.05) is 0 Å². The van der Waals surface area contributed by atoms with E-state index in [2.05, 4.69) is 36.8 Å². The van der Waals surface area contributed by atoms with E-state index in [1.54, 1.807) is 0 Å². The molecule has 0 aromatic heterocycles. The third kappa shape index (κ3) is 2.43. The van der Waals surface area contributed by atoms with Crippen LogP contribution in [0.5, 0.6) is 0 Å². The molecule has 1 aliphatic heterocycles. The summed E-state index contributed by atoms with van der Waals surface area (Å²) < 4.78 is 0.626. The van der Waals surface area contributed by atoms with E-state index in [1.165, 1.54) is 0 Å². The molecule has 0 nitrogen and oxygen atoms in total. The lowest BCUT2D eigenvalue weighted by atomic mass is 10.2. The van der Waals surface area contributed by atoms with Crippen LogP contribution in [0.15, 0.2) is 23.6 Å². The summed E-state index contributed by atoms with van der Waals surface area (Å²) in [5.74, 6) is 0.615. The molecule has 0 aliphatic carbocycles. The largest absolute Gasteiger partial charge is 0.146 e. The molecule has 2 unspecified atom stereocenters. The van der Waals surface area contributed by atoms with Gasteiger partial charge in [0.1, 0.15) is 0 Å². The molecule has 0 amide bonds. The summed E-state index contributed by atoms with van der Waals surface area (Å²) in [5.41, 5.74) is 0. The van der Waals surface area contributed by atoms with Gasteiger partial charge in [0.25, 0.3) is 0 Å². The van der Waals surface area contributed by atoms with E-state index in [0.717, 1.165) is 0 Å². The predicted molar refractivity (Wildman–Crippen MR) is 52.3 cm³/mol. The first-order chi connectivity index (χ1) is 4.83. The van der Waals surface area contributed by atoms with Crippen molar-refractivity contribution in [3.05, 3.63) is 23.6 Å². The Morgan fingerprint density at radius 1 is 1.30 bits per heavy atom. The fraction of sp³-hybridized carbons (Fsp3) is 0.500. The average molecular weight is 172 g/mol. The third-order valence-electron chi connectivity index (χ3n) is 1.40. The molecule has 0 radical (unpaired) electrons. The number of allylic oxidation sites excluding steroid dienone is 2. The molecule has 1 rings (SSSR count). The minimum absolute atomic E-state index is 0.615. The molecule has 0 saturated heterocycles. The van der Waals surface area contributed by atoms with Crippen LogP contribution in [0.3, 0.4) is 0 Å². The molecule has 2 atom stereocenters. The second-order valence-corrected chi connectivity index (χ2v) is 4.64. The molecule has 56 valence electrons. The Balaban J connectivity index is 2.54. The van der Waals surface area contributed by atoms with Crippen LogP contribution in [-0.2, 0) is 0 Å². The molecule has 0 N–H and O–H groups in total. The van der Waals surface area contributed by atoms with Crippen molar-refractivity contribution in [2.45, 2.75) is 11.5 Å². The van der Waals surface area contributed by atoms with Crippen molar-refractivity contribution in [2.24, 2.45) is 5.92 Å². The van der Waals surface area contributed by atoms with Gasteiger partial charge in [-0.1, -0.05) is 25.2 Å². The zero-order valence-corrected chi connectivity index (χ0v) is 7.91. The van der Waals surface area contributed by atoms with Crippen LogP contribution in [-0.4, -0.2) is 10.8 Å². The van der Waals surface area contributed by atoms with Crippen LogP contribution >= 0.6 is 23.5 Å². The van der Waals surface area contributed by atoms with E-state index in [4.69, 9.17) is 0 Å². The standard InChI is InChI=1S/C8H12S2/c1-7-3-4-8(9-2)10-6-5-7/h3-8H,1-2H3. The summed E-state index contributed by atoms with van der Waals surface area (Å²) in [6.07, 6.45) is 8.92. The molecular formula is C8H12S2. The summed E-state index contributed by atoms with van der Waals surface area (Å²) in [5, 5.41) is 2.20. The molecule has 1 heterocycles. The van der Waals surface area contributed by atoms with E-state index in [0.29, 0.717) is 10.5 Å². The Morgan fingerprint density at radius 3 is 2.80 bits per heavy atom. The predicted octanol–water partition coefficient (Wildman–Crippen LogP) is 3.13. The van der Waals surface area contributed by atoms with Crippen LogP contribution < -0.4 is 0 Å².